The number of anilines is 1. The van der Waals surface area contributed by atoms with Gasteiger partial charge in [0.05, 0.1) is 22.9 Å². The number of carbonyl (C=O) groups excluding carboxylic acids is 1. The number of rotatable bonds is 7. The molecule has 6 nitrogen and oxygen atoms in total. The molecule has 2 aliphatic carbocycles. The lowest BCUT2D eigenvalue weighted by Gasteiger charge is -2.26. The summed E-state index contributed by atoms with van der Waals surface area (Å²) in [5, 5.41) is 6.22. The number of piperidine rings is 1. The number of hydrogen-bond donors (Lipinski definition) is 2. The highest BCUT2D eigenvalue weighted by Crippen LogP contribution is 2.47. The first kappa shape index (κ1) is 25.8. The monoisotopic (exact) mass is 516 g/mol. The molecule has 2 aromatic rings. The molecule has 5 rings (SSSR count). The number of aromatic nitrogens is 1. The largest absolute Gasteiger partial charge is 0.381 e. The molecule has 9 heteroatoms. The molecule has 0 radical (unpaired) electrons. The summed E-state index contributed by atoms with van der Waals surface area (Å²) in [5.41, 5.74) is -0.0801. The number of nitrogens with zero attached hydrogens (tertiary/aromatic N) is 2. The Morgan fingerprint density at radius 1 is 1.14 bits per heavy atom. The van der Waals surface area contributed by atoms with Crippen LogP contribution < -0.4 is 16.2 Å². The second kappa shape index (κ2) is 9.82. The van der Waals surface area contributed by atoms with Crippen molar-refractivity contribution in [3.63, 3.8) is 0 Å². The molecular formula is C28H35F3N4O2. The summed E-state index contributed by atoms with van der Waals surface area (Å²) in [5.74, 6) is -3.88. The highest BCUT2D eigenvalue weighted by molar-refractivity contribution is 5.99. The maximum atomic E-state index is 15.0. The van der Waals surface area contributed by atoms with Crippen LogP contribution in [0.5, 0.6) is 0 Å². The normalized spacial score (nSPS) is 25.0. The Hall–Kier alpha value is -2.81. The van der Waals surface area contributed by atoms with Gasteiger partial charge in [-0.3, -0.25) is 9.59 Å². The van der Waals surface area contributed by atoms with E-state index in [0.29, 0.717) is 30.0 Å². The van der Waals surface area contributed by atoms with E-state index in [1.807, 2.05) is 0 Å². The maximum Gasteiger partial charge on any atom is 0.273 e. The Kier molecular flexibility index (Phi) is 6.85. The molecule has 1 aliphatic heterocycles. The van der Waals surface area contributed by atoms with Crippen molar-refractivity contribution in [2.24, 2.45) is 11.8 Å². The van der Waals surface area contributed by atoms with E-state index >= 15 is 0 Å². The number of fused-ring (bicyclic) bond motifs is 1. The summed E-state index contributed by atoms with van der Waals surface area (Å²) in [7, 11) is 2.08. The van der Waals surface area contributed by atoms with Crippen LogP contribution in [0.3, 0.4) is 0 Å². The van der Waals surface area contributed by atoms with E-state index in [-0.39, 0.29) is 23.2 Å². The topological polar surface area (TPSA) is 66.4 Å². The maximum absolute atomic E-state index is 15.0. The molecule has 3 fully saturated rings. The number of alkyl halides is 2. The molecular weight excluding hydrogens is 481 g/mol. The summed E-state index contributed by atoms with van der Waals surface area (Å²) in [6.45, 7) is 4.16. The number of likely N-dealkylation sites (tertiary alicyclic amines) is 1. The summed E-state index contributed by atoms with van der Waals surface area (Å²) >= 11 is 0. The Balaban J connectivity index is 1.43. The number of benzene rings is 1. The smallest absolute Gasteiger partial charge is 0.273 e. The van der Waals surface area contributed by atoms with Gasteiger partial charge < -0.3 is 20.1 Å². The van der Waals surface area contributed by atoms with Gasteiger partial charge in [0.25, 0.3) is 17.4 Å². The molecule has 1 aromatic carbocycles. The van der Waals surface area contributed by atoms with Crippen LogP contribution in [-0.2, 0) is 5.92 Å². The quantitative estimate of drug-likeness (QED) is 0.540. The molecule has 1 saturated heterocycles. The van der Waals surface area contributed by atoms with Gasteiger partial charge in [-0.05, 0) is 38.6 Å². The van der Waals surface area contributed by atoms with Crippen molar-refractivity contribution >= 4 is 11.6 Å². The highest BCUT2D eigenvalue weighted by atomic mass is 19.3. The highest BCUT2D eigenvalue weighted by Gasteiger charge is 2.55. The minimum Gasteiger partial charge on any atom is -0.381 e. The molecule has 2 saturated carbocycles. The van der Waals surface area contributed by atoms with Gasteiger partial charge in [0.15, 0.2) is 0 Å². The number of carbonyl (C=O) groups is 1. The second-order valence-corrected chi connectivity index (χ2v) is 11.1. The standard InChI is InChI=1S/C28H35F3N4O2/c1-16(18-10-7-11-22(25(18)29)28(2,30)31)32-27(37)21-15-35(17-8-5-4-6-9-17)24(36)12-23(21)33-26-19-13-34(3)14-20(19)26/h7,10-12,15-17,19-20,26,33H,4-6,8-9,13-14H2,1-3H3,(H,32,37)/t16-,19-,20+,26?/m1/s1. The third-order valence-corrected chi connectivity index (χ3v) is 8.31. The van der Waals surface area contributed by atoms with E-state index in [9.17, 15) is 22.8 Å². The molecule has 1 unspecified atom stereocenters. The Morgan fingerprint density at radius 2 is 1.81 bits per heavy atom. The summed E-state index contributed by atoms with van der Waals surface area (Å²) in [4.78, 5) is 28.9. The van der Waals surface area contributed by atoms with Crippen molar-refractivity contribution in [2.75, 3.05) is 25.5 Å². The fourth-order valence-electron chi connectivity index (χ4n) is 6.20. The fraction of sp³-hybridized carbons (Fsp3) is 0.571. The van der Waals surface area contributed by atoms with Crippen LogP contribution in [0.1, 0.15) is 79.5 Å². The van der Waals surface area contributed by atoms with Gasteiger partial charge in [0.2, 0.25) is 0 Å². The summed E-state index contributed by atoms with van der Waals surface area (Å²) < 4.78 is 44.4. The minimum atomic E-state index is -3.34. The van der Waals surface area contributed by atoms with Gasteiger partial charge in [-0.15, -0.1) is 0 Å². The molecule has 2 N–H and O–H groups in total. The fourth-order valence-corrected chi connectivity index (χ4v) is 6.20. The van der Waals surface area contributed by atoms with Crippen LogP contribution in [0.2, 0.25) is 0 Å². The van der Waals surface area contributed by atoms with E-state index in [1.54, 1.807) is 17.7 Å². The number of pyridine rings is 1. The van der Waals surface area contributed by atoms with Gasteiger partial charge in [0.1, 0.15) is 5.82 Å². The first-order valence-corrected chi connectivity index (χ1v) is 13.2. The number of hydrogen-bond acceptors (Lipinski definition) is 4. The first-order valence-electron chi connectivity index (χ1n) is 13.2. The van der Waals surface area contributed by atoms with Crippen molar-refractivity contribution in [1.29, 1.82) is 0 Å². The SMILES string of the molecule is C[C@@H](NC(=O)c1cn(C2CCCCC2)c(=O)cc1NC1[C@H]2CN(C)C[C@@H]12)c1cccc(C(C)(F)F)c1F. The number of amides is 1. The van der Waals surface area contributed by atoms with Crippen LogP contribution in [-0.4, -0.2) is 41.6 Å². The second-order valence-electron chi connectivity index (χ2n) is 11.1. The summed E-state index contributed by atoms with van der Waals surface area (Å²) in [6.07, 6.45) is 6.59. The lowest BCUT2D eigenvalue weighted by atomic mass is 9.95. The van der Waals surface area contributed by atoms with E-state index < -0.39 is 29.3 Å². The van der Waals surface area contributed by atoms with Crippen LogP contribution in [0.25, 0.3) is 0 Å². The summed E-state index contributed by atoms with van der Waals surface area (Å²) in [6, 6.07) is 4.71. The zero-order valence-electron chi connectivity index (χ0n) is 21.6. The van der Waals surface area contributed by atoms with E-state index in [2.05, 4.69) is 22.6 Å². The number of nitrogens with one attached hydrogen (secondary N) is 2. The van der Waals surface area contributed by atoms with Gasteiger partial charge in [-0.2, -0.15) is 0 Å². The molecule has 1 amide bonds. The van der Waals surface area contributed by atoms with Gasteiger partial charge in [-0.25, -0.2) is 13.2 Å². The van der Waals surface area contributed by atoms with Gasteiger partial charge in [0, 0.05) is 49.9 Å². The van der Waals surface area contributed by atoms with E-state index in [1.165, 1.54) is 18.2 Å². The average Bonchev–Trinajstić information content (AvgIpc) is 3.28. The lowest BCUT2D eigenvalue weighted by Crippen LogP contribution is -2.33. The van der Waals surface area contributed by atoms with E-state index in [0.717, 1.165) is 51.3 Å². The molecule has 0 spiro atoms. The lowest BCUT2D eigenvalue weighted by molar-refractivity contribution is 0.0135. The zero-order valence-corrected chi connectivity index (χ0v) is 21.6. The molecule has 3 aliphatic rings. The minimum absolute atomic E-state index is 0.0118. The molecule has 37 heavy (non-hydrogen) atoms. The van der Waals surface area contributed by atoms with Gasteiger partial charge in [-0.1, -0.05) is 37.5 Å². The zero-order chi connectivity index (χ0) is 26.5. The Morgan fingerprint density at radius 3 is 2.46 bits per heavy atom. The molecule has 0 bridgehead atoms. The van der Waals surface area contributed by atoms with Crippen LogP contribution in [0.15, 0.2) is 35.3 Å². The Bertz CT molecular complexity index is 1220. The molecule has 4 atom stereocenters. The molecule has 200 valence electrons. The van der Waals surface area contributed by atoms with E-state index in [4.69, 9.17) is 0 Å². The van der Waals surface area contributed by atoms with Crippen molar-refractivity contribution in [1.82, 2.24) is 14.8 Å². The van der Waals surface area contributed by atoms with Crippen molar-refractivity contribution in [3.8, 4) is 0 Å². The Labute approximate surface area is 215 Å². The predicted molar refractivity (Wildman–Crippen MR) is 137 cm³/mol. The number of halogens is 3. The third-order valence-electron chi connectivity index (χ3n) is 8.31. The van der Waals surface area contributed by atoms with Crippen molar-refractivity contribution < 1.29 is 18.0 Å². The van der Waals surface area contributed by atoms with Crippen molar-refractivity contribution in [2.45, 2.75) is 70.0 Å². The van der Waals surface area contributed by atoms with Gasteiger partial charge >= 0.3 is 0 Å². The molecule has 2 heterocycles. The average molecular weight is 517 g/mol. The van der Waals surface area contributed by atoms with Crippen molar-refractivity contribution in [3.05, 3.63) is 63.3 Å². The predicted octanol–water partition coefficient (Wildman–Crippen LogP) is 5.07. The molecule has 1 aromatic heterocycles. The van der Waals surface area contributed by atoms with Crippen LogP contribution >= 0.6 is 0 Å². The van der Waals surface area contributed by atoms with Crippen LogP contribution in [0.4, 0.5) is 18.9 Å². The third kappa shape index (κ3) is 5.15. The first-order chi connectivity index (χ1) is 17.5. The van der Waals surface area contributed by atoms with Crippen LogP contribution in [0, 0.1) is 17.7 Å².